The number of esters is 1. The number of ketones is 1. The van der Waals surface area contributed by atoms with Crippen LogP contribution in [0.2, 0.25) is 0 Å². The van der Waals surface area contributed by atoms with Crippen molar-refractivity contribution in [2.24, 2.45) is 5.92 Å². The third-order valence-electron chi connectivity index (χ3n) is 8.05. The average molecular weight is 532 g/mol. The summed E-state index contributed by atoms with van der Waals surface area (Å²) in [4.78, 5) is 27.7. The summed E-state index contributed by atoms with van der Waals surface area (Å²) in [6.07, 6.45) is 6.24. The minimum atomic E-state index is -0.544. The first-order chi connectivity index (χ1) is 18.9. The average Bonchev–Trinajstić information content (AvgIpc) is 3.45. The van der Waals surface area contributed by atoms with Gasteiger partial charge in [-0.05, 0) is 63.3 Å². The molecule has 3 unspecified atom stereocenters. The van der Waals surface area contributed by atoms with E-state index < -0.39 is 11.8 Å². The number of para-hydroxylation sites is 1. The summed E-state index contributed by atoms with van der Waals surface area (Å²) in [6, 6.07) is 13.5. The van der Waals surface area contributed by atoms with E-state index in [0.717, 1.165) is 42.5 Å². The van der Waals surface area contributed by atoms with Gasteiger partial charge in [-0.15, -0.1) is 0 Å². The van der Waals surface area contributed by atoms with Crippen LogP contribution in [0.15, 0.2) is 65.5 Å². The number of nitrogens with one attached hydrogen (secondary N) is 1. The van der Waals surface area contributed by atoms with Crippen molar-refractivity contribution in [3.63, 3.8) is 0 Å². The highest BCUT2D eigenvalue weighted by molar-refractivity contribution is 5.96. The predicted octanol–water partition coefficient (Wildman–Crippen LogP) is 5.81. The number of hydrogen-bond donors (Lipinski definition) is 1. The highest BCUT2D eigenvalue weighted by Crippen LogP contribution is 2.49. The molecule has 0 saturated heterocycles. The molecular weight excluding hydrogens is 494 g/mol. The van der Waals surface area contributed by atoms with E-state index in [9.17, 15) is 9.59 Å². The first kappa shape index (κ1) is 26.9. The molecule has 3 aliphatic rings. The van der Waals surface area contributed by atoms with E-state index in [4.69, 9.17) is 18.9 Å². The Morgan fingerprint density at radius 3 is 2.44 bits per heavy atom. The number of benzene rings is 2. The van der Waals surface area contributed by atoms with E-state index in [0.29, 0.717) is 41.5 Å². The Bertz CT molecular complexity index is 1310. The van der Waals surface area contributed by atoms with Crippen molar-refractivity contribution in [3.05, 3.63) is 76.6 Å². The van der Waals surface area contributed by atoms with Crippen molar-refractivity contribution in [1.29, 1.82) is 0 Å². The van der Waals surface area contributed by atoms with Gasteiger partial charge >= 0.3 is 5.97 Å². The van der Waals surface area contributed by atoms with Crippen LogP contribution in [0.4, 0.5) is 0 Å². The summed E-state index contributed by atoms with van der Waals surface area (Å²) in [5.74, 6) is 0.467. The van der Waals surface area contributed by atoms with Gasteiger partial charge in [0, 0.05) is 35.2 Å². The van der Waals surface area contributed by atoms with Gasteiger partial charge in [0.1, 0.15) is 17.6 Å². The molecule has 0 bridgehead atoms. The number of carbonyl (C=O) groups is 2. The zero-order chi connectivity index (χ0) is 27.5. The zero-order valence-corrected chi connectivity index (χ0v) is 23.1. The van der Waals surface area contributed by atoms with E-state index in [-0.39, 0.29) is 23.8 Å². The lowest BCUT2D eigenvalue weighted by atomic mass is 9.68. The van der Waals surface area contributed by atoms with Crippen LogP contribution in [0, 0.1) is 5.92 Å². The molecular formula is C32H37NO6. The maximum Gasteiger partial charge on any atom is 0.336 e. The molecule has 7 nitrogen and oxygen atoms in total. The quantitative estimate of drug-likeness (QED) is 0.431. The van der Waals surface area contributed by atoms with E-state index in [1.54, 1.807) is 14.2 Å². The van der Waals surface area contributed by atoms with Gasteiger partial charge in [0.15, 0.2) is 11.5 Å². The van der Waals surface area contributed by atoms with Gasteiger partial charge in [-0.1, -0.05) is 30.3 Å². The first-order valence-corrected chi connectivity index (χ1v) is 13.8. The molecule has 1 heterocycles. The highest BCUT2D eigenvalue weighted by atomic mass is 16.5. The maximum absolute atomic E-state index is 14.0. The number of Topliss-reactive ketones (excluding diaryl/α,β-unsaturated/α-hetero) is 1. The Balaban J connectivity index is 1.58. The first-order valence-electron chi connectivity index (χ1n) is 13.8. The fourth-order valence-corrected chi connectivity index (χ4v) is 6.22. The number of methoxy groups -OCH3 is 2. The highest BCUT2D eigenvalue weighted by Gasteiger charge is 2.46. The van der Waals surface area contributed by atoms with Crippen molar-refractivity contribution in [1.82, 2.24) is 5.32 Å². The molecule has 39 heavy (non-hydrogen) atoms. The largest absolute Gasteiger partial charge is 0.494 e. The van der Waals surface area contributed by atoms with Crippen molar-refractivity contribution < 1.29 is 28.5 Å². The van der Waals surface area contributed by atoms with Gasteiger partial charge in [0.25, 0.3) is 0 Å². The summed E-state index contributed by atoms with van der Waals surface area (Å²) in [7, 11) is 3.20. The van der Waals surface area contributed by atoms with Crippen LogP contribution in [0.3, 0.4) is 0 Å². The Morgan fingerprint density at radius 2 is 1.72 bits per heavy atom. The van der Waals surface area contributed by atoms with Crippen LogP contribution >= 0.6 is 0 Å². The van der Waals surface area contributed by atoms with E-state index in [2.05, 4.69) is 11.4 Å². The number of hydrogen-bond acceptors (Lipinski definition) is 7. The molecule has 2 aliphatic carbocycles. The predicted molar refractivity (Wildman–Crippen MR) is 148 cm³/mol. The molecule has 2 aromatic carbocycles. The van der Waals surface area contributed by atoms with Crippen LogP contribution < -0.4 is 19.5 Å². The number of fused-ring (bicyclic) bond motifs is 1. The Morgan fingerprint density at radius 1 is 0.974 bits per heavy atom. The molecule has 1 fully saturated rings. The lowest BCUT2D eigenvalue weighted by molar-refractivity contribution is -0.144. The van der Waals surface area contributed by atoms with Gasteiger partial charge < -0.3 is 24.3 Å². The van der Waals surface area contributed by atoms with Gasteiger partial charge in [-0.25, -0.2) is 4.79 Å². The topological polar surface area (TPSA) is 83.1 Å². The summed E-state index contributed by atoms with van der Waals surface area (Å²) < 4.78 is 22.9. The van der Waals surface area contributed by atoms with Crippen LogP contribution in [0.5, 0.6) is 17.2 Å². The third-order valence-corrected chi connectivity index (χ3v) is 8.05. The van der Waals surface area contributed by atoms with Gasteiger partial charge in [-0.3, -0.25) is 4.79 Å². The number of rotatable bonds is 8. The second-order valence-electron chi connectivity index (χ2n) is 10.4. The fourth-order valence-electron chi connectivity index (χ4n) is 6.22. The maximum atomic E-state index is 14.0. The molecule has 5 rings (SSSR count). The van der Waals surface area contributed by atoms with Crippen LogP contribution in [0.1, 0.15) is 68.9 Å². The van der Waals surface area contributed by atoms with Crippen LogP contribution in [-0.4, -0.2) is 38.7 Å². The summed E-state index contributed by atoms with van der Waals surface area (Å²) >= 11 is 0. The monoisotopic (exact) mass is 531 g/mol. The molecule has 3 atom stereocenters. The van der Waals surface area contributed by atoms with Crippen LogP contribution in [-0.2, 0) is 14.3 Å². The van der Waals surface area contributed by atoms with E-state index in [1.807, 2.05) is 56.3 Å². The third kappa shape index (κ3) is 5.27. The van der Waals surface area contributed by atoms with Crippen molar-refractivity contribution in [2.45, 2.75) is 63.9 Å². The second kappa shape index (κ2) is 11.6. The van der Waals surface area contributed by atoms with E-state index in [1.165, 1.54) is 0 Å². The van der Waals surface area contributed by atoms with Gasteiger partial charge in [-0.2, -0.15) is 0 Å². The number of allylic oxidation sites excluding steroid dienone is 3. The van der Waals surface area contributed by atoms with Gasteiger partial charge in [0.2, 0.25) is 0 Å². The smallest absolute Gasteiger partial charge is 0.336 e. The molecule has 1 saturated carbocycles. The van der Waals surface area contributed by atoms with Crippen LogP contribution in [0.25, 0.3) is 0 Å². The van der Waals surface area contributed by atoms with Crippen molar-refractivity contribution >= 4 is 11.8 Å². The molecule has 1 aliphatic heterocycles. The molecule has 1 N–H and O–H groups in total. The molecule has 0 spiro atoms. The lowest BCUT2D eigenvalue weighted by Crippen LogP contribution is -2.42. The molecule has 0 amide bonds. The molecule has 7 heteroatoms. The second-order valence-corrected chi connectivity index (χ2v) is 10.4. The van der Waals surface area contributed by atoms with Crippen molar-refractivity contribution in [2.75, 3.05) is 20.8 Å². The van der Waals surface area contributed by atoms with Gasteiger partial charge in [0.05, 0.1) is 32.3 Å². The minimum Gasteiger partial charge on any atom is -0.494 e. The SMILES string of the molecule is CCOc1ccccc1C1C(C(=O)OC2CCCC2)=C(C)NC2=CC(c3ccc(OC)c(OC)c3)CC(=O)C21. The number of ether oxygens (including phenoxy) is 4. The summed E-state index contributed by atoms with van der Waals surface area (Å²) in [5.41, 5.74) is 3.81. The minimum absolute atomic E-state index is 0.0646. The molecule has 206 valence electrons. The summed E-state index contributed by atoms with van der Waals surface area (Å²) in [6.45, 7) is 4.30. The Kier molecular flexibility index (Phi) is 7.96. The normalized spacial score (nSPS) is 23.0. The zero-order valence-electron chi connectivity index (χ0n) is 23.1. The number of carbonyl (C=O) groups excluding carboxylic acids is 2. The Hall–Kier alpha value is -3.74. The molecule has 0 aromatic heterocycles. The molecule has 2 aromatic rings. The summed E-state index contributed by atoms with van der Waals surface area (Å²) in [5, 5.41) is 3.43. The molecule has 0 radical (unpaired) electrons. The lowest BCUT2D eigenvalue weighted by Gasteiger charge is -2.40. The standard InChI is InChI=1S/C32H37NO6/c1-5-38-26-13-9-8-12-23(26)30-29(32(35)39-22-10-6-7-11-22)19(2)33-24-16-21(17-25(34)31(24)30)20-14-15-27(36-3)28(18-20)37-4/h8-9,12-16,18,21-22,30-31,33H,5-7,10-11,17H2,1-4H3. The fraction of sp³-hybridized carbons (Fsp3) is 0.438. The van der Waals surface area contributed by atoms with E-state index >= 15 is 0 Å². The van der Waals surface area contributed by atoms with Crippen molar-refractivity contribution in [3.8, 4) is 17.2 Å². The Labute approximate surface area is 230 Å².